The fourth-order valence-corrected chi connectivity index (χ4v) is 1.21. The molecule has 1 N–H and O–H groups in total. The molecule has 0 aliphatic heterocycles. The minimum Gasteiger partial charge on any atom is -0.493 e. The lowest BCUT2D eigenvalue weighted by molar-refractivity contribution is -0.0749. The summed E-state index contributed by atoms with van der Waals surface area (Å²) in [5.74, 6) is 1.48. The van der Waals surface area contributed by atoms with E-state index in [0.717, 1.165) is 11.5 Å². The number of para-hydroxylation sites is 2. The van der Waals surface area contributed by atoms with E-state index in [1.54, 1.807) is 7.11 Å². The largest absolute Gasteiger partial charge is 0.493 e. The van der Waals surface area contributed by atoms with E-state index in [4.69, 9.17) is 14.3 Å². The smallest absolute Gasteiger partial charge is 0.161 e. The van der Waals surface area contributed by atoms with E-state index < -0.39 is 0 Å². The first kappa shape index (κ1) is 13.8. The van der Waals surface area contributed by atoms with Crippen molar-refractivity contribution in [3.63, 3.8) is 0 Å². The van der Waals surface area contributed by atoms with Crippen LogP contribution in [0, 0.1) is 0 Å². The topological polar surface area (TPSA) is 39.7 Å². The van der Waals surface area contributed by atoms with Crippen LogP contribution in [0.1, 0.15) is 20.8 Å². The molecule has 0 aromatic heterocycles. The fourth-order valence-electron chi connectivity index (χ4n) is 1.21. The van der Waals surface area contributed by atoms with Crippen LogP contribution in [0.5, 0.6) is 11.5 Å². The molecule has 0 unspecified atom stereocenters. The molecule has 1 aromatic carbocycles. The molecular formula is C13H21NO3. The van der Waals surface area contributed by atoms with Crippen LogP contribution in [0.4, 0.5) is 0 Å². The third-order valence-electron chi connectivity index (χ3n) is 1.91. The molecular weight excluding hydrogens is 218 g/mol. The second-order valence-corrected chi connectivity index (χ2v) is 4.61. The van der Waals surface area contributed by atoms with Crippen LogP contribution in [-0.2, 0) is 4.84 Å². The summed E-state index contributed by atoms with van der Waals surface area (Å²) >= 11 is 0. The third-order valence-corrected chi connectivity index (χ3v) is 1.91. The van der Waals surface area contributed by atoms with Gasteiger partial charge in [-0.25, -0.2) is 0 Å². The number of hydrogen-bond donors (Lipinski definition) is 1. The van der Waals surface area contributed by atoms with E-state index in [1.165, 1.54) is 0 Å². The van der Waals surface area contributed by atoms with Gasteiger partial charge in [-0.1, -0.05) is 12.1 Å². The molecule has 1 rings (SSSR count). The van der Waals surface area contributed by atoms with Crippen molar-refractivity contribution >= 4 is 0 Å². The molecule has 96 valence electrons. The summed E-state index contributed by atoms with van der Waals surface area (Å²) in [6.07, 6.45) is 0. The highest BCUT2D eigenvalue weighted by atomic mass is 16.7. The van der Waals surface area contributed by atoms with Crippen LogP contribution in [-0.4, -0.2) is 25.9 Å². The van der Waals surface area contributed by atoms with Crippen molar-refractivity contribution in [1.82, 2.24) is 5.48 Å². The molecule has 0 heterocycles. The standard InChI is InChI=1S/C13H21NO3/c1-13(2,3)17-14-9-10-16-12-8-6-5-7-11(12)15-4/h5-8,14H,9-10H2,1-4H3. The molecule has 0 fully saturated rings. The van der Waals surface area contributed by atoms with Gasteiger partial charge < -0.3 is 9.47 Å². The Labute approximate surface area is 103 Å². The van der Waals surface area contributed by atoms with E-state index in [-0.39, 0.29) is 5.60 Å². The average Bonchev–Trinajstić information content (AvgIpc) is 2.27. The third kappa shape index (κ3) is 5.56. The summed E-state index contributed by atoms with van der Waals surface area (Å²) in [6, 6.07) is 7.57. The summed E-state index contributed by atoms with van der Waals surface area (Å²) in [6.45, 7) is 7.11. The number of ether oxygens (including phenoxy) is 2. The zero-order valence-electron chi connectivity index (χ0n) is 10.9. The molecule has 17 heavy (non-hydrogen) atoms. The highest BCUT2D eigenvalue weighted by Gasteiger charge is 2.09. The Balaban J connectivity index is 2.27. The van der Waals surface area contributed by atoms with Crippen LogP contribution in [0.15, 0.2) is 24.3 Å². The lowest BCUT2D eigenvalue weighted by Crippen LogP contribution is -2.31. The van der Waals surface area contributed by atoms with Crippen LogP contribution < -0.4 is 15.0 Å². The monoisotopic (exact) mass is 239 g/mol. The van der Waals surface area contributed by atoms with E-state index in [0.29, 0.717) is 13.2 Å². The summed E-state index contributed by atoms with van der Waals surface area (Å²) in [5, 5.41) is 0. The van der Waals surface area contributed by atoms with Gasteiger partial charge in [0.05, 0.1) is 19.3 Å². The van der Waals surface area contributed by atoms with Gasteiger partial charge in [0.25, 0.3) is 0 Å². The van der Waals surface area contributed by atoms with Crippen molar-refractivity contribution in [1.29, 1.82) is 0 Å². The van der Waals surface area contributed by atoms with Gasteiger partial charge in [-0.15, -0.1) is 0 Å². The maximum atomic E-state index is 5.58. The number of rotatable bonds is 6. The number of benzene rings is 1. The van der Waals surface area contributed by atoms with E-state index in [1.807, 2.05) is 45.0 Å². The van der Waals surface area contributed by atoms with Gasteiger partial charge in [0, 0.05) is 0 Å². The second-order valence-electron chi connectivity index (χ2n) is 4.61. The van der Waals surface area contributed by atoms with Gasteiger partial charge in [-0.05, 0) is 32.9 Å². The number of methoxy groups -OCH3 is 1. The van der Waals surface area contributed by atoms with Gasteiger partial charge >= 0.3 is 0 Å². The Bertz CT molecular complexity index is 334. The second kappa shape index (κ2) is 6.47. The molecule has 0 atom stereocenters. The van der Waals surface area contributed by atoms with E-state index in [9.17, 15) is 0 Å². The Morgan fingerprint density at radius 1 is 1.12 bits per heavy atom. The van der Waals surface area contributed by atoms with Gasteiger partial charge in [0.15, 0.2) is 11.5 Å². The fraction of sp³-hybridized carbons (Fsp3) is 0.538. The van der Waals surface area contributed by atoms with Gasteiger partial charge in [-0.3, -0.25) is 4.84 Å². The maximum absolute atomic E-state index is 5.58. The number of hydrogen-bond acceptors (Lipinski definition) is 4. The predicted octanol–water partition coefficient (Wildman–Crippen LogP) is 2.39. The molecule has 4 nitrogen and oxygen atoms in total. The lowest BCUT2D eigenvalue weighted by Gasteiger charge is -2.19. The summed E-state index contributed by atoms with van der Waals surface area (Å²) in [4.78, 5) is 5.36. The minimum atomic E-state index is -0.190. The normalized spacial score (nSPS) is 11.3. The molecule has 0 spiro atoms. The van der Waals surface area contributed by atoms with Gasteiger partial charge in [-0.2, -0.15) is 5.48 Å². The summed E-state index contributed by atoms with van der Waals surface area (Å²) in [5.41, 5.74) is 2.68. The first-order valence-electron chi connectivity index (χ1n) is 5.69. The predicted molar refractivity (Wildman–Crippen MR) is 67.3 cm³/mol. The zero-order valence-corrected chi connectivity index (χ0v) is 10.9. The SMILES string of the molecule is COc1ccccc1OCCNOC(C)(C)C. The summed E-state index contributed by atoms with van der Waals surface area (Å²) in [7, 11) is 1.63. The first-order valence-corrected chi connectivity index (χ1v) is 5.69. The molecule has 0 saturated heterocycles. The molecule has 0 aliphatic rings. The van der Waals surface area contributed by atoms with E-state index >= 15 is 0 Å². The van der Waals surface area contributed by atoms with Crippen molar-refractivity contribution in [3.8, 4) is 11.5 Å². The van der Waals surface area contributed by atoms with Crippen molar-refractivity contribution in [2.45, 2.75) is 26.4 Å². The molecule has 0 bridgehead atoms. The van der Waals surface area contributed by atoms with Crippen molar-refractivity contribution in [2.75, 3.05) is 20.3 Å². The molecule has 0 aliphatic carbocycles. The lowest BCUT2D eigenvalue weighted by atomic mass is 10.2. The highest BCUT2D eigenvalue weighted by Crippen LogP contribution is 2.25. The zero-order chi connectivity index (χ0) is 12.7. The van der Waals surface area contributed by atoms with Crippen molar-refractivity contribution in [2.24, 2.45) is 0 Å². The van der Waals surface area contributed by atoms with Crippen LogP contribution >= 0.6 is 0 Å². The van der Waals surface area contributed by atoms with Gasteiger partial charge in [0.1, 0.15) is 6.61 Å². The highest BCUT2D eigenvalue weighted by molar-refractivity contribution is 5.39. The van der Waals surface area contributed by atoms with Crippen LogP contribution in [0.3, 0.4) is 0 Å². The Kier molecular flexibility index (Phi) is 5.25. The van der Waals surface area contributed by atoms with Crippen molar-refractivity contribution in [3.05, 3.63) is 24.3 Å². The molecule has 0 saturated carbocycles. The number of hydroxylamine groups is 1. The molecule has 0 amide bonds. The van der Waals surface area contributed by atoms with Gasteiger partial charge in [0.2, 0.25) is 0 Å². The molecule has 1 aromatic rings. The Morgan fingerprint density at radius 2 is 1.76 bits per heavy atom. The number of nitrogens with one attached hydrogen (secondary N) is 1. The maximum Gasteiger partial charge on any atom is 0.161 e. The quantitative estimate of drug-likeness (QED) is 0.611. The van der Waals surface area contributed by atoms with E-state index in [2.05, 4.69) is 5.48 Å². The van der Waals surface area contributed by atoms with Crippen LogP contribution in [0.25, 0.3) is 0 Å². The van der Waals surface area contributed by atoms with Crippen LogP contribution in [0.2, 0.25) is 0 Å². The molecule has 4 heteroatoms. The first-order chi connectivity index (χ1) is 8.03. The summed E-state index contributed by atoms with van der Waals surface area (Å²) < 4.78 is 10.8. The Morgan fingerprint density at radius 3 is 2.35 bits per heavy atom. The minimum absolute atomic E-state index is 0.190. The Hall–Kier alpha value is -1.26. The average molecular weight is 239 g/mol. The van der Waals surface area contributed by atoms with Crippen molar-refractivity contribution < 1.29 is 14.3 Å². The molecule has 0 radical (unpaired) electrons.